The molecule has 7 nitrogen and oxygen atoms in total. The minimum atomic E-state index is -0.530. The third-order valence-corrected chi connectivity index (χ3v) is 5.57. The Kier molecular flexibility index (Phi) is 6.45. The van der Waals surface area contributed by atoms with Crippen LogP contribution in [0.4, 0.5) is 4.79 Å². The van der Waals surface area contributed by atoms with Gasteiger partial charge in [0.05, 0.1) is 13.7 Å². The molecule has 1 aromatic carbocycles. The van der Waals surface area contributed by atoms with Gasteiger partial charge >= 0.3 is 12.0 Å². The highest BCUT2D eigenvalue weighted by molar-refractivity contribution is 5.95. The molecular formula is C20H27N3O4. The van der Waals surface area contributed by atoms with Gasteiger partial charge in [-0.25, -0.2) is 4.79 Å². The zero-order chi connectivity index (χ0) is 19.2. The molecule has 27 heavy (non-hydrogen) atoms. The highest BCUT2D eigenvalue weighted by Gasteiger charge is 2.46. The number of urea groups is 1. The SMILES string of the molecule is COC(=O)[C@@H]1C[C@H]2CCCC[C@@H]2N1CC(=O)NC(=O)NCc1ccccc1. The van der Waals surface area contributed by atoms with Crippen LogP contribution in [0.5, 0.6) is 0 Å². The van der Waals surface area contributed by atoms with E-state index in [2.05, 4.69) is 10.6 Å². The van der Waals surface area contributed by atoms with Crippen molar-refractivity contribution < 1.29 is 19.1 Å². The number of imide groups is 1. The average Bonchev–Trinajstić information content (AvgIpc) is 3.05. The van der Waals surface area contributed by atoms with E-state index < -0.39 is 18.0 Å². The molecule has 0 bridgehead atoms. The number of esters is 1. The van der Waals surface area contributed by atoms with Crippen LogP contribution < -0.4 is 10.6 Å². The molecule has 1 aliphatic heterocycles. The number of likely N-dealkylation sites (tertiary alicyclic amines) is 1. The van der Waals surface area contributed by atoms with Gasteiger partial charge in [-0.2, -0.15) is 0 Å². The number of rotatable bonds is 5. The van der Waals surface area contributed by atoms with E-state index in [4.69, 9.17) is 4.74 Å². The molecular weight excluding hydrogens is 346 g/mol. The monoisotopic (exact) mass is 373 g/mol. The Morgan fingerprint density at radius 3 is 2.63 bits per heavy atom. The molecule has 2 aliphatic rings. The molecule has 2 fully saturated rings. The van der Waals surface area contributed by atoms with Crippen LogP contribution in [-0.4, -0.2) is 48.5 Å². The summed E-state index contributed by atoms with van der Waals surface area (Å²) >= 11 is 0. The number of hydrogen-bond donors (Lipinski definition) is 2. The maximum atomic E-state index is 12.4. The number of hydrogen-bond acceptors (Lipinski definition) is 5. The summed E-state index contributed by atoms with van der Waals surface area (Å²) in [4.78, 5) is 38.5. The van der Waals surface area contributed by atoms with Gasteiger partial charge in [0.1, 0.15) is 6.04 Å². The van der Waals surface area contributed by atoms with Crippen LogP contribution in [0.1, 0.15) is 37.7 Å². The number of ether oxygens (including phenoxy) is 1. The Hall–Kier alpha value is -2.41. The predicted octanol–water partition coefficient (Wildman–Crippen LogP) is 1.82. The molecule has 1 saturated heterocycles. The number of carbonyl (C=O) groups excluding carboxylic acids is 3. The minimum Gasteiger partial charge on any atom is -0.468 e. The van der Waals surface area contributed by atoms with E-state index in [1.54, 1.807) is 0 Å². The largest absolute Gasteiger partial charge is 0.468 e. The molecule has 2 N–H and O–H groups in total. The van der Waals surface area contributed by atoms with Crippen molar-refractivity contribution in [2.75, 3.05) is 13.7 Å². The lowest BCUT2D eigenvalue weighted by molar-refractivity contribution is -0.146. The maximum Gasteiger partial charge on any atom is 0.323 e. The van der Waals surface area contributed by atoms with Crippen LogP contribution in [0.15, 0.2) is 30.3 Å². The summed E-state index contributed by atoms with van der Waals surface area (Å²) < 4.78 is 4.93. The Labute approximate surface area is 159 Å². The Morgan fingerprint density at radius 2 is 1.89 bits per heavy atom. The highest BCUT2D eigenvalue weighted by Crippen LogP contribution is 2.39. The van der Waals surface area contributed by atoms with Gasteiger partial charge in [-0.05, 0) is 30.7 Å². The van der Waals surface area contributed by atoms with Crippen molar-refractivity contribution in [3.8, 4) is 0 Å². The molecule has 146 valence electrons. The summed E-state index contributed by atoms with van der Waals surface area (Å²) in [6.45, 7) is 0.374. The number of fused-ring (bicyclic) bond motifs is 1. The summed E-state index contributed by atoms with van der Waals surface area (Å²) in [5.74, 6) is -0.283. The van der Waals surface area contributed by atoms with E-state index in [0.717, 1.165) is 37.7 Å². The highest BCUT2D eigenvalue weighted by atomic mass is 16.5. The van der Waals surface area contributed by atoms with Gasteiger partial charge in [-0.3, -0.25) is 19.8 Å². The van der Waals surface area contributed by atoms with Crippen LogP contribution in [-0.2, 0) is 20.9 Å². The third-order valence-electron chi connectivity index (χ3n) is 5.57. The fourth-order valence-electron chi connectivity index (χ4n) is 4.30. The lowest BCUT2D eigenvalue weighted by Gasteiger charge is -2.32. The van der Waals surface area contributed by atoms with Crippen molar-refractivity contribution >= 4 is 17.9 Å². The van der Waals surface area contributed by atoms with Gasteiger partial charge < -0.3 is 10.1 Å². The topological polar surface area (TPSA) is 87.7 Å². The fraction of sp³-hybridized carbons (Fsp3) is 0.550. The number of benzene rings is 1. The molecule has 0 unspecified atom stereocenters. The number of carbonyl (C=O) groups is 3. The van der Waals surface area contributed by atoms with Gasteiger partial charge in [0.25, 0.3) is 0 Å². The van der Waals surface area contributed by atoms with Crippen molar-refractivity contribution in [2.24, 2.45) is 5.92 Å². The molecule has 3 amide bonds. The minimum absolute atomic E-state index is 0.0275. The Morgan fingerprint density at radius 1 is 1.15 bits per heavy atom. The molecule has 0 aromatic heterocycles. The zero-order valence-corrected chi connectivity index (χ0v) is 15.6. The standard InChI is InChI=1S/C20H27N3O4/c1-27-19(25)17-11-15-9-5-6-10-16(15)23(17)13-18(24)22-20(26)21-12-14-7-3-2-4-8-14/h2-4,7-8,15-17H,5-6,9-13H2,1H3,(H2,21,22,24,26)/t15-,16+,17+/m1/s1. The summed E-state index contributed by atoms with van der Waals surface area (Å²) in [6.07, 6.45) is 5.05. The van der Waals surface area contributed by atoms with E-state index in [9.17, 15) is 14.4 Å². The van der Waals surface area contributed by atoms with Crippen molar-refractivity contribution in [2.45, 2.75) is 50.7 Å². The Bertz CT molecular complexity index is 679. The van der Waals surface area contributed by atoms with Crippen LogP contribution in [0.3, 0.4) is 0 Å². The molecule has 1 aromatic rings. The van der Waals surface area contributed by atoms with Gasteiger partial charge in [-0.15, -0.1) is 0 Å². The van der Waals surface area contributed by atoms with E-state index in [0.29, 0.717) is 12.5 Å². The van der Waals surface area contributed by atoms with Gasteiger partial charge in [-0.1, -0.05) is 43.2 Å². The molecule has 1 heterocycles. The summed E-state index contributed by atoms with van der Waals surface area (Å²) in [5.41, 5.74) is 0.954. The molecule has 3 atom stereocenters. The first-order valence-electron chi connectivity index (χ1n) is 9.53. The van der Waals surface area contributed by atoms with Crippen LogP contribution >= 0.6 is 0 Å². The molecule has 0 spiro atoms. The van der Waals surface area contributed by atoms with Crippen molar-refractivity contribution in [1.29, 1.82) is 0 Å². The summed E-state index contributed by atoms with van der Waals surface area (Å²) in [6, 6.07) is 8.76. The first-order valence-corrected chi connectivity index (χ1v) is 9.53. The van der Waals surface area contributed by atoms with E-state index in [1.165, 1.54) is 7.11 Å². The van der Waals surface area contributed by atoms with Gasteiger partial charge in [0, 0.05) is 12.6 Å². The molecule has 3 rings (SSSR count). The summed E-state index contributed by atoms with van der Waals surface area (Å²) in [5, 5.41) is 5.04. The normalized spacial score (nSPS) is 24.7. The van der Waals surface area contributed by atoms with Crippen LogP contribution in [0, 0.1) is 5.92 Å². The van der Waals surface area contributed by atoms with E-state index in [-0.39, 0.29) is 18.6 Å². The molecule has 1 saturated carbocycles. The van der Waals surface area contributed by atoms with Crippen LogP contribution in [0.25, 0.3) is 0 Å². The van der Waals surface area contributed by atoms with Crippen molar-refractivity contribution in [3.63, 3.8) is 0 Å². The molecule has 0 radical (unpaired) electrons. The van der Waals surface area contributed by atoms with Crippen LogP contribution in [0.2, 0.25) is 0 Å². The second-order valence-corrected chi connectivity index (χ2v) is 7.28. The fourth-order valence-corrected chi connectivity index (χ4v) is 4.30. The van der Waals surface area contributed by atoms with Gasteiger partial charge in [0.2, 0.25) is 5.91 Å². The lowest BCUT2D eigenvalue weighted by atomic mass is 9.85. The molecule has 7 heteroatoms. The first kappa shape index (κ1) is 19.4. The smallest absolute Gasteiger partial charge is 0.323 e. The second-order valence-electron chi connectivity index (χ2n) is 7.28. The van der Waals surface area contributed by atoms with Crippen molar-refractivity contribution in [3.05, 3.63) is 35.9 Å². The van der Waals surface area contributed by atoms with Crippen molar-refractivity contribution in [1.82, 2.24) is 15.5 Å². The molecule has 1 aliphatic carbocycles. The average molecular weight is 373 g/mol. The maximum absolute atomic E-state index is 12.4. The van der Waals surface area contributed by atoms with Gasteiger partial charge in [0.15, 0.2) is 0 Å². The predicted molar refractivity (Wildman–Crippen MR) is 99.7 cm³/mol. The van der Waals surface area contributed by atoms with E-state index in [1.807, 2.05) is 35.2 Å². The quantitative estimate of drug-likeness (QED) is 0.769. The zero-order valence-electron chi connectivity index (χ0n) is 15.6. The second kappa shape index (κ2) is 8.99. The number of nitrogens with zero attached hydrogens (tertiary/aromatic N) is 1. The summed E-state index contributed by atoms with van der Waals surface area (Å²) in [7, 11) is 1.37. The van der Waals surface area contributed by atoms with E-state index >= 15 is 0 Å². The first-order chi connectivity index (χ1) is 13.1. The third kappa shape index (κ3) is 4.86. The number of nitrogens with one attached hydrogen (secondary N) is 2. The number of methoxy groups -OCH3 is 1. The lowest BCUT2D eigenvalue weighted by Crippen LogP contribution is -2.50. The Balaban J connectivity index is 1.54. The number of amides is 3.